The van der Waals surface area contributed by atoms with E-state index in [9.17, 15) is 14.7 Å². The number of hydrogen-bond acceptors (Lipinski definition) is 4. The third-order valence-corrected chi connectivity index (χ3v) is 5.30. The molecular formula is C23H29NO4. The molecule has 1 aliphatic rings. The molecule has 0 bridgehead atoms. The third-order valence-electron chi connectivity index (χ3n) is 5.30. The molecule has 1 aromatic rings. The highest BCUT2D eigenvalue weighted by atomic mass is 16.5. The van der Waals surface area contributed by atoms with E-state index in [2.05, 4.69) is 31.5 Å². The maximum absolute atomic E-state index is 11.8. The van der Waals surface area contributed by atoms with Crippen molar-refractivity contribution in [1.29, 1.82) is 0 Å². The van der Waals surface area contributed by atoms with Gasteiger partial charge in [-0.05, 0) is 63.1 Å². The minimum atomic E-state index is -1.04. The van der Waals surface area contributed by atoms with E-state index in [0.29, 0.717) is 5.56 Å². The van der Waals surface area contributed by atoms with Crippen LogP contribution < -0.4 is 4.74 Å². The van der Waals surface area contributed by atoms with Gasteiger partial charge in [0, 0.05) is 11.5 Å². The number of isocyanates is 1. The Kier molecular flexibility index (Phi) is 7.77. The van der Waals surface area contributed by atoms with Crippen LogP contribution in [0, 0.1) is 5.92 Å². The summed E-state index contributed by atoms with van der Waals surface area (Å²) < 4.78 is 5.34. The van der Waals surface area contributed by atoms with Crippen LogP contribution in [0.5, 0.6) is 11.5 Å². The number of phenols is 1. The third kappa shape index (κ3) is 5.43. The molecule has 0 saturated carbocycles. The number of carbonyl (C=O) groups is 1. The van der Waals surface area contributed by atoms with Crippen LogP contribution in [0.1, 0.15) is 69.9 Å². The van der Waals surface area contributed by atoms with E-state index in [1.807, 2.05) is 6.92 Å². The fraction of sp³-hybridized carbons (Fsp3) is 0.478. The predicted octanol–water partition coefficient (Wildman–Crippen LogP) is 5.98. The van der Waals surface area contributed by atoms with Crippen molar-refractivity contribution in [3.63, 3.8) is 0 Å². The Morgan fingerprint density at radius 3 is 2.79 bits per heavy atom. The number of hydrogen-bond donors (Lipinski definition) is 1. The molecule has 5 nitrogen and oxygen atoms in total. The number of benzene rings is 1. The van der Waals surface area contributed by atoms with Crippen LogP contribution in [0.3, 0.4) is 0 Å². The van der Waals surface area contributed by atoms with Gasteiger partial charge in [0.05, 0.1) is 0 Å². The zero-order chi connectivity index (χ0) is 20.7. The molecule has 28 heavy (non-hydrogen) atoms. The summed E-state index contributed by atoms with van der Waals surface area (Å²) in [6.07, 6.45) is 8.07. The SMILES string of the molecule is C=C(C)[C@@H]1CCC(C)=C[C@H]1c1c(O)cc(CCCCC)cc1OC(=O)N=C=O. The highest BCUT2D eigenvalue weighted by Crippen LogP contribution is 2.47. The number of ether oxygens (including phenoxy) is 1. The average Bonchev–Trinajstić information content (AvgIpc) is 2.61. The van der Waals surface area contributed by atoms with Gasteiger partial charge in [-0.2, -0.15) is 0 Å². The number of phenolic OH excluding ortho intramolecular Hbond substituents is 1. The number of nitrogens with zero attached hydrogens (tertiary/aromatic N) is 1. The first-order valence-electron chi connectivity index (χ1n) is 9.85. The number of rotatable bonds is 7. The Morgan fingerprint density at radius 1 is 1.39 bits per heavy atom. The van der Waals surface area contributed by atoms with Crippen molar-refractivity contribution >= 4 is 12.2 Å². The van der Waals surface area contributed by atoms with Crippen LogP contribution in [0.15, 0.2) is 40.9 Å². The van der Waals surface area contributed by atoms with Crippen LogP contribution >= 0.6 is 0 Å². The zero-order valence-electron chi connectivity index (χ0n) is 17.0. The van der Waals surface area contributed by atoms with Crippen molar-refractivity contribution in [2.45, 2.75) is 65.2 Å². The molecule has 0 aromatic heterocycles. The first kappa shape index (κ1) is 21.6. The topological polar surface area (TPSA) is 76.0 Å². The lowest BCUT2D eigenvalue weighted by molar-refractivity contribution is 0.210. The molecule has 2 atom stereocenters. The van der Waals surface area contributed by atoms with Gasteiger partial charge in [-0.15, -0.1) is 0 Å². The average molecular weight is 383 g/mol. The molecule has 1 aromatic carbocycles. The molecule has 0 aliphatic heterocycles. The Bertz CT molecular complexity index is 818. The van der Waals surface area contributed by atoms with E-state index in [4.69, 9.17) is 4.74 Å². The van der Waals surface area contributed by atoms with Crippen LogP contribution in [0.2, 0.25) is 0 Å². The van der Waals surface area contributed by atoms with E-state index in [-0.39, 0.29) is 23.3 Å². The summed E-state index contributed by atoms with van der Waals surface area (Å²) in [6.45, 7) is 10.3. The quantitative estimate of drug-likeness (QED) is 0.272. The number of aliphatic imine (C=N–C) groups is 1. The number of aromatic hydroxyl groups is 1. The Balaban J connectivity index is 2.53. The monoisotopic (exact) mass is 383 g/mol. The number of amides is 1. The summed E-state index contributed by atoms with van der Waals surface area (Å²) in [7, 11) is 0. The standard InChI is InChI=1S/C23H29NO4/c1-5-6-7-8-17-12-20(26)22(21(13-17)28-23(27)24-14-25)19-11-16(4)9-10-18(19)15(2)3/h11-13,18-19,26H,2,5-10H2,1,3-4H3/t18-,19+/m0/s1. The first-order chi connectivity index (χ1) is 13.4. The molecule has 0 radical (unpaired) electrons. The Labute approximate surface area is 166 Å². The fourth-order valence-corrected chi connectivity index (χ4v) is 3.87. The Morgan fingerprint density at radius 2 is 2.14 bits per heavy atom. The molecule has 1 amide bonds. The highest BCUT2D eigenvalue weighted by Gasteiger charge is 2.31. The Hall–Kier alpha value is -2.65. The van der Waals surface area contributed by atoms with E-state index in [1.54, 1.807) is 12.1 Å². The van der Waals surface area contributed by atoms with E-state index in [0.717, 1.165) is 49.7 Å². The van der Waals surface area contributed by atoms with Crippen LogP contribution in [-0.2, 0) is 11.2 Å². The second-order valence-electron chi connectivity index (χ2n) is 7.59. The van der Waals surface area contributed by atoms with Crippen molar-refractivity contribution in [2.75, 3.05) is 0 Å². The number of aryl methyl sites for hydroxylation is 1. The van der Waals surface area contributed by atoms with Gasteiger partial charge >= 0.3 is 6.09 Å². The van der Waals surface area contributed by atoms with E-state index >= 15 is 0 Å². The van der Waals surface area contributed by atoms with Gasteiger partial charge in [0.1, 0.15) is 11.5 Å². The molecule has 1 aliphatic carbocycles. The number of unbranched alkanes of at least 4 members (excludes halogenated alkanes) is 2. The van der Waals surface area contributed by atoms with Crippen LogP contribution in [0.4, 0.5) is 4.79 Å². The lowest BCUT2D eigenvalue weighted by atomic mass is 9.73. The molecule has 0 saturated heterocycles. The largest absolute Gasteiger partial charge is 0.507 e. The predicted molar refractivity (Wildman–Crippen MR) is 110 cm³/mol. The van der Waals surface area contributed by atoms with Gasteiger partial charge in [-0.1, -0.05) is 48.6 Å². The normalized spacial score (nSPS) is 18.8. The van der Waals surface area contributed by atoms with Crippen molar-refractivity contribution < 1.29 is 19.4 Å². The molecule has 0 heterocycles. The summed E-state index contributed by atoms with van der Waals surface area (Å²) in [5, 5.41) is 10.9. The molecule has 0 spiro atoms. The summed E-state index contributed by atoms with van der Waals surface area (Å²) in [4.78, 5) is 25.3. The first-order valence-corrected chi connectivity index (χ1v) is 9.85. The maximum Gasteiger partial charge on any atom is 0.450 e. The molecule has 150 valence electrons. The summed E-state index contributed by atoms with van der Waals surface area (Å²) in [5.74, 6) is 0.318. The maximum atomic E-state index is 11.8. The van der Waals surface area contributed by atoms with Crippen molar-refractivity contribution in [2.24, 2.45) is 10.9 Å². The van der Waals surface area contributed by atoms with E-state index < -0.39 is 6.09 Å². The smallest absolute Gasteiger partial charge is 0.450 e. The van der Waals surface area contributed by atoms with E-state index in [1.165, 1.54) is 11.7 Å². The lowest BCUT2D eigenvalue weighted by Gasteiger charge is -2.32. The molecule has 0 fully saturated rings. The van der Waals surface area contributed by atoms with Gasteiger partial charge < -0.3 is 9.84 Å². The molecular weight excluding hydrogens is 354 g/mol. The number of allylic oxidation sites excluding steroid dienone is 3. The van der Waals surface area contributed by atoms with Gasteiger partial charge in [0.15, 0.2) is 0 Å². The summed E-state index contributed by atoms with van der Waals surface area (Å²) in [6, 6.07) is 3.52. The molecule has 1 N–H and O–H groups in total. The molecule has 2 rings (SSSR count). The highest BCUT2D eigenvalue weighted by molar-refractivity contribution is 5.77. The van der Waals surface area contributed by atoms with Gasteiger partial charge in [0.25, 0.3) is 0 Å². The lowest BCUT2D eigenvalue weighted by Crippen LogP contribution is -2.18. The number of carbonyl (C=O) groups excluding carboxylic acids is 2. The van der Waals surface area contributed by atoms with Crippen molar-refractivity contribution in [3.8, 4) is 11.5 Å². The molecule has 0 unspecified atom stereocenters. The minimum Gasteiger partial charge on any atom is -0.507 e. The van der Waals surface area contributed by atoms with Crippen LogP contribution in [-0.4, -0.2) is 17.3 Å². The van der Waals surface area contributed by atoms with Crippen molar-refractivity contribution in [1.82, 2.24) is 0 Å². The van der Waals surface area contributed by atoms with Gasteiger partial charge in [0.2, 0.25) is 6.08 Å². The van der Waals surface area contributed by atoms with Gasteiger partial charge in [-0.25, -0.2) is 9.59 Å². The second kappa shape index (κ2) is 10.0. The molecule has 5 heteroatoms. The zero-order valence-corrected chi connectivity index (χ0v) is 17.0. The van der Waals surface area contributed by atoms with Crippen LogP contribution in [0.25, 0.3) is 0 Å². The minimum absolute atomic E-state index is 0.0917. The van der Waals surface area contributed by atoms with Crippen molar-refractivity contribution in [3.05, 3.63) is 47.1 Å². The van der Waals surface area contributed by atoms with Gasteiger partial charge in [-0.3, -0.25) is 0 Å². The summed E-state index contributed by atoms with van der Waals surface area (Å²) in [5.41, 5.74) is 3.66. The fourth-order valence-electron chi connectivity index (χ4n) is 3.87. The second-order valence-corrected chi connectivity index (χ2v) is 7.59. The summed E-state index contributed by atoms with van der Waals surface area (Å²) >= 11 is 0.